The fraction of sp³-hybridized carbons (Fsp3) is 0.250. The Morgan fingerprint density at radius 2 is 2.05 bits per heavy atom. The molecule has 2 aromatic rings. The summed E-state index contributed by atoms with van der Waals surface area (Å²) >= 11 is 6.09. The molecule has 1 aliphatic heterocycles. The highest BCUT2D eigenvalue weighted by molar-refractivity contribution is 6.32. The quantitative estimate of drug-likeness (QED) is 0.903. The third-order valence-corrected chi connectivity index (χ3v) is 3.93. The minimum atomic E-state index is 0.219. The molecular formula is C16H16ClNO. The van der Waals surface area contributed by atoms with Crippen LogP contribution in [0.15, 0.2) is 42.5 Å². The minimum absolute atomic E-state index is 0.219. The zero-order chi connectivity index (χ0) is 13.2. The van der Waals surface area contributed by atoms with Crippen molar-refractivity contribution in [1.82, 2.24) is 5.32 Å². The molecule has 3 heteroatoms. The molecule has 0 fully saturated rings. The molecule has 19 heavy (non-hydrogen) atoms. The van der Waals surface area contributed by atoms with Crippen molar-refractivity contribution >= 4 is 11.6 Å². The third kappa shape index (κ3) is 2.34. The molecule has 0 bridgehead atoms. The van der Waals surface area contributed by atoms with E-state index in [1.54, 1.807) is 7.11 Å². The van der Waals surface area contributed by atoms with E-state index in [0.29, 0.717) is 5.02 Å². The highest BCUT2D eigenvalue weighted by atomic mass is 35.5. The molecular weight excluding hydrogens is 258 g/mol. The van der Waals surface area contributed by atoms with E-state index < -0.39 is 0 Å². The average Bonchev–Trinajstić information content (AvgIpc) is 2.47. The highest BCUT2D eigenvalue weighted by Gasteiger charge is 2.21. The monoisotopic (exact) mass is 273 g/mol. The number of methoxy groups -OCH3 is 1. The van der Waals surface area contributed by atoms with Crippen LogP contribution >= 0.6 is 11.6 Å². The van der Waals surface area contributed by atoms with Crippen LogP contribution in [0.5, 0.6) is 5.75 Å². The van der Waals surface area contributed by atoms with E-state index in [2.05, 4.69) is 35.6 Å². The van der Waals surface area contributed by atoms with Gasteiger partial charge in [0.05, 0.1) is 18.2 Å². The lowest BCUT2D eigenvalue weighted by Crippen LogP contribution is -2.30. The van der Waals surface area contributed by atoms with Gasteiger partial charge in [0, 0.05) is 6.54 Å². The standard InChI is InChI=1S/C16H16ClNO/c1-19-15-10-12(6-7-14(15)17)16-13-5-3-2-4-11(13)8-9-18-16/h2-7,10,16,18H,8-9H2,1H3. The largest absolute Gasteiger partial charge is 0.495 e. The number of ether oxygens (including phenoxy) is 1. The van der Waals surface area contributed by atoms with Crippen LogP contribution in [0.25, 0.3) is 0 Å². The second kappa shape index (κ2) is 5.24. The lowest BCUT2D eigenvalue weighted by molar-refractivity contribution is 0.413. The fourth-order valence-corrected chi connectivity index (χ4v) is 2.85. The molecule has 1 unspecified atom stereocenters. The first-order valence-electron chi connectivity index (χ1n) is 6.44. The zero-order valence-electron chi connectivity index (χ0n) is 10.8. The van der Waals surface area contributed by atoms with Crippen molar-refractivity contribution in [3.63, 3.8) is 0 Å². The molecule has 0 saturated heterocycles. The number of hydrogen-bond donors (Lipinski definition) is 1. The molecule has 1 heterocycles. The van der Waals surface area contributed by atoms with Gasteiger partial charge < -0.3 is 10.1 Å². The first kappa shape index (κ1) is 12.5. The summed E-state index contributed by atoms with van der Waals surface area (Å²) in [5.74, 6) is 0.726. The maximum atomic E-state index is 6.09. The molecule has 1 atom stereocenters. The van der Waals surface area contributed by atoms with Gasteiger partial charge in [-0.15, -0.1) is 0 Å². The number of rotatable bonds is 2. The predicted octanol–water partition coefficient (Wildman–Crippen LogP) is 3.58. The Morgan fingerprint density at radius 3 is 2.89 bits per heavy atom. The van der Waals surface area contributed by atoms with Gasteiger partial charge in [0.1, 0.15) is 5.75 Å². The van der Waals surface area contributed by atoms with Crippen molar-refractivity contribution < 1.29 is 4.74 Å². The fourth-order valence-electron chi connectivity index (χ4n) is 2.66. The van der Waals surface area contributed by atoms with Crippen LogP contribution in [0.1, 0.15) is 22.7 Å². The number of halogens is 1. The van der Waals surface area contributed by atoms with Crippen molar-refractivity contribution in [1.29, 1.82) is 0 Å². The predicted molar refractivity (Wildman–Crippen MR) is 78.0 cm³/mol. The summed E-state index contributed by atoms with van der Waals surface area (Å²) in [5, 5.41) is 4.21. The van der Waals surface area contributed by atoms with E-state index in [4.69, 9.17) is 16.3 Å². The Morgan fingerprint density at radius 1 is 1.21 bits per heavy atom. The van der Waals surface area contributed by atoms with Gasteiger partial charge in [-0.2, -0.15) is 0 Å². The van der Waals surface area contributed by atoms with Gasteiger partial charge in [0.15, 0.2) is 0 Å². The second-order valence-electron chi connectivity index (χ2n) is 4.73. The van der Waals surface area contributed by atoms with Crippen molar-refractivity contribution in [2.75, 3.05) is 13.7 Å². The van der Waals surface area contributed by atoms with E-state index in [1.807, 2.05) is 12.1 Å². The number of benzene rings is 2. The summed E-state index contributed by atoms with van der Waals surface area (Å²) in [6.45, 7) is 0.993. The number of hydrogen-bond acceptors (Lipinski definition) is 2. The van der Waals surface area contributed by atoms with E-state index in [-0.39, 0.29) is 6.04 Å². The lowest BCUT2D eigenvalue weighted by Gasteiger charge is -2.27. The summed E-state index contributed by atoms with van der Waals surface area (Å²) in [7, 11) is 1.65. The highest BCUT2D eigenvalue weighted by Crippen LogP contribution is 2.33. The molecule has 2 nitrogen and oxygen atoms in total. The molecule has 1 N–H and O–H groups in total. The van der Waals surface area contributed by atoms with Crippen molar-refractivity contribution in [2.24, 2.45) is 0 Å². The zero-order valence-corrected chi connectivity index (χ0v) is 11.6. The van der Waals surface area contributed by atoms with Crippen LogP contribution < -0.4 is 10.1 Å². The van der Waals surface area contributed by atoms with Gasteiger partial charge in [0.25, 0.3) is 0 Å². The Kier molecular flexibility index (Phi) is 3.45. The Bertz CT molecular complexity index is 597. The summed E-state index contributed by atoms with van der Waals surface area (Å²) in [5.41, 5.74) is 3.95. The lowest BCUT2D eigenvalue weighted by atomic mass is 9.90. The van der Waals surface area contributed by atoms with Gasteiger partial charge >= 0.3 is 0 Å². The molecule has 0 radical (unpaired) electrons. The first-order chi connectivity index (χ1) is 9.29. The number of fused-ring (bicyclic) bond motifs is 1. The Hall–Kier alpha value is -1.51. The van der Waals surface area contributed by atoms with Gasteiger partial charge in [-0.3, -0.25) is 0 Å². The maximum Gasteiger partial charge on any atom is 0.137 e. The molecule has 0 aliphatic carbocycles. The van der Waals surface area contributed by atoms with Gasteiger partial charge in [-0.25, -0.2) is 0 Å². The molecule has 1 aliphatic rings. The van der Waals surface area contributed by atoms with Crippen molar-refractivity contribution in [3.8, 4) is 5.75 Å². The van der Waals surface area contributed by atoms with Crippen molar-refractivity contribution in [3.05, 3.63) is 64.2 Å². The van der Waals surface area contributed by atoms with Gasteiger partial charge in [-0.05, 0) is 35.2 Å². The Labute approximate surface area is 118 Å². The molecule has 2 aromatic carbocycles. The smallest absolute Gasteiger partial charge is 0.137 e. The van der Waals surface area contributed by atoms with Crippen LogP contribution in [0, 0.1) is 0 Å². The minimum Gasteiger partial charge on any atom is -0.495 e. The van der Waals surface area contributed by atoms with E-state index in [0.717, 1.165) is 18.7 Å². The normalized spacial score (nSPS) is 17.9. The molecule has 3 rings (SSSR count). The van der Waals surface area contributed by atoms with E-state index in [1.165, 1.54) is 16.7 Å². The maximum absolute atomic E-state index is 6.09. The van der Waals surface area contributed by atoms with Crippen molar-refractivity contribution in [2.45, 2.75) is 12.5 Å². The summed E-state index contributed by atoms with van der Waals surface area (Å²) < 4.78 is 5.30. The molecule has 0 spiro atoms. The summed E-state index contributed by atoms with van der Waals surface area (Å²) in [4.78, 5) is 0. The first-order valence-corrected chi connectivity index (χ1v) is 6.82. The molecule has 98 valence electrons. The Balaban J connectivity index is 2.04. The van der Waals surface area contributed by atoms with Gasteiger partial charge in [-0.1, -0.05) is 41.9 Å². The molecule has 0 saturated carbocycles. The van der Waals surface area contributed by atoms with E-state index in [9.17, 15) is 0 Å². The van der Waals surface area contributed by atoms with Gasteiger partial charge in [0.2, 0.25) is 0 Å². The van der Waals surface area contributed by atoms with Crippen LogP contribution in [-0.4, -0.2) is 13.7 Å². The summed E-state index contributed by atoms with van der Waals surface area (Å²) in [6.07, 6.45) is 1.08. The number of nitrogens with one attached hydrogen (secondary N) is 1. The third-order valence-electron chi connectivity index (χ3n) is 3.62. The molecule has 0 aromatic heterocycles. The topological polar surface area (TPSA) is 21.3 Å². The van der Waals surface area contributed by atoms with Crippen LogP contribution in [-0.2, 0) is 6.42 Å². The van der Waals surface area contributed by atoms with Crippen LogP contribution in [0.3, 0.4) is 0 Å². The molecule has 0 amide bonds. The van der Waals surface area contributed by atoms with Crippen LogP contribution in [0.4, 0.5) is 0 Å². The average molecular weight is 274 g/mol. The van der Waals surface area contributed by atoms with Crippen LogP contribution in [0.2, 0.25) is 5.02 Å². The summed E-state index contributed by atoms with van der Waals surface area (Å²) in [6, 6.07) is 14.8. The SMILES string of the molecule is COc1cc(C2NCCc3ccccc32)ccc1Cl. The second-order valence-corrected chi connectivity index (χ2v) is 5.14. The van der Waals surface area contributed by atoms with E-state index >= 15 is 0 Å².